The Labute approximate surface area is 143 Å². The van der Waals surface area contributed by atoms with Crippen LogP contribution < -0.4 is 5.32 Å². The fraction of sp³-hybridized carbons (Fsp3) is 0.556. The number of rotatable bonds is 8. The lowest BCUT2D eigenvalue weighted by molar-refractivity contribution is -0.139. The molecule has 24 heavy (non-hydrogen) atoms. The fourth-order valence-electron chi connectivity index (χ4n) is 3.04. The van der Waals surface area contributed by atoms with Gasteiger partial charge in [0.05, 0.1) is 19.1 Å². The molecule has 0 bridgehead atoms. The van der Waals surface area contributed by atoms with Crippen molar-refractivity contribution in [1.82, 2.24) is 15.1 Å². The summed E-state index contributed by atoms with van der Waals surface area (Å²) in [6.45, 7) is 4.84. The standard InChI is InChI=1S/C18H27N3O3/c1-2-9-20(11-12-22)17(23)13-16-18(24)19-8-10-21(16)14-15-6-4-3-5-7-15/h3-7,16,22H,2,8-14H2,1H3,(H,19,24)/t16-/m0/s1. The summed E-state index contributed by atoms with van der Waals surface area (Å²) in [7, 11) is 0. The van der Waals surface area contributed by atoms with Crippen LogP contribution in [0.4, 0.5) is 0 Å². The minimum atomic E-state index is -0.454. The second-order valence-electron chi connectivity index (χ2n) is 6.07. The van der Waals surface area contributed by atoms with E-state index in [0.717, 1.165) is 18.5 Å². The molecule has 2 rings (SSSR count). The van der Waals surface area contributed by atoms with E-state index in [1.165, 1.54) is 0 Å². The molecule has 2 amide bonds. The van der Waals surface area contributed by atoms with Crippen LogP contribution in [0.1, 0.15) is 25.3 Å². The van der Waals surface area contributed by atoms with Crippen LogP contribution >= 0.6 is 0 Å². The van der Waals surface area contributed by atoms with Gasteiger partial charge in [0.15, 0.2) is 0 Å². The molecule has 0 saturated carbocycles. The van der Waals surface area contributed by atoms with Crippen molar-refractivity contribution in [1.29, 1.82) is 0 Å². The Bertz CT molecular complexity index is 530. The summed E-state index contributed by atoms with van der Waals surface area (Å²) in [5.74, 6) is -0.169. The second kappa shape index (κ2) is 9.39. The van der Waals surface area contributed by atoms with Gasteiger partial charge in [0.25, 0.3) is 0 Å². The third kappa shape index (κ3) is 5.04. The van der Waals surface area contributed by atoms with E-state index in [0.29, 0.717) is 26.2 Å². The van der Waals surface area contributed by atoms with Crippen molar-refractivity contribution in [3.05, 3.63) is 35.9 Å². The molecule has 6 heteroatoms. The molecule has 1 aromatic rings. The molecular weight excluding hydrogens is 306 g/mol. The van der Waals surface area contributed by atoms with Gasteiger partial charge in [-0.05, 0) is 12.0 Å². The number of benzene rings is 1. The predicted molar refractivity (Wildman–Crippen MR) is 92.2 cm³/mol. The molecule has 1 aliphatic heterocycles. The summed E-state index contributed by atoms with van der Waals surface area (Å²) in [5.41, 5.74) is 1.13. The van der Waals surface area contributed by atoms with Crippen molar-refractivity contribution in [2.75, 3.05) is 32.8 Å². The van der Waals surface area contributed by atoms with E-state index in [1.54, 1.807) is 4.90 Å². The van der Waals surface area contributed by atoms with Crippen molar-refractivity contribution in [3.8, 4) is 0 Å². The lowest BCUT2D eigenvalue weighted by Crippen LogP contribution is -2.56. The Kier molecular flexibility index (Phi) is 7.21. The smallest absolute Gasteiger partial charge is 0.237 e. The van der Waals surface area contributed by atoms with Gasteiger partial charge in [-0.2, -0.15) is 0 Å². The first kappa shape index (κ1) is 18.4. The van der Waals surface area contributed by atoms with Gasteiger partial charge in [-0.15, -0.1) is 0 Å². The van der Waals surface area contributed by atoms with Gasteiger partial charge >= 0.3 is 0 Å². The lowest BCUT2D eigenvalue weighted by atomic mass is 10.1. The highest BCUT2D eigenvalue weighted by Gasteiger charge is 2.32. The fourth-order valence-corrected chi connectivity index (χ4v) is 3.04. The molecular formula is C18H27N3O3. The number of carbonyl (C=O) groups is 2. The Hall–Kier alpha value is -1.92. The second-order valence-corrected chi connectivity index (χ2v) is 6.07. The van der Waals surface area contributed by atoms with Crippen LogP contribution in [0.2, 0.25) is 0 Å². The van der Waals surface area contributed by atoms with E-state index in [1.807, 2.05) is 37.3 Å². The highest BCUT2D eigenvalue weighted by atomic mass is 16.3. The van der Waals surface area contributed by atoms with E-state index in [9.17, 15) is 9.59 Å². The van der Waals surface area contributed by atoms with Gasteiger partial charge in [0.2, 0.25) is 11.8 Å². The average molecular weight is 333 g/mol. The first-order valence-electron chi connectivity index (χ1n) is 8.60. The van der Waals surface area contributed by atoms with Crippen LogP contribution in [0.3, 0.4) is 0 Å². The molecule has 0 radical (unpaired) electrons. The predicted octanol–water partition coefficient (Wildman–Crippen LogP) is 0.608. The molecule has 1 aliphatic rings. The van der Waals surface area contributed by atoms with Crippen molar-refractivity contribution in [2.45, 2.75) is 32.4 Å². The molecule has 1 fully saturated rings. The highest BCUT2D eigenvalue weighted by Crippen LogP contribution is 2.15. The average Bonchev–Trinajstić information content (AvgIpc) is 2.58. The molecule has 0 aliphatic carbocycles. The molecule has 1 aromatic carbocycles. The van der Waals surface area contributed by atoms with Gasteiger partial charge in [-0.3, -0.25) is 14.5 Å². The SMILES string of the molecule is CCCN(CCO)C(=O)C[C@H]1C(=O)NCCN1Cc1ccccc1. The number of nitrogens with one attached hydrogen (secondary N) is 1. The highest BCUT2D eigenvalue weighted by molar-refractivity contribution is 5.88. The number of aliphatic hydroxyl groups excluding tert-OH is 1. The quantitative estimate of drug-likeness (QED) is 0.731. The summed E-state index contributed by atoms with van der Waals surface area (Å²) >= 11 is 0. The van der Waals surface area contributed by atoms with E-state index >= 15 is 0 Å². The Morgan fingerprint density at radius 1 is 1.33 bits per heavy atom. The number of nitrogens with zero attached hydrogens (tertiary/aromatic N) is 2. The van der Waals surface area contributed by atoms with E-state index in [-0.39, 0.29) is 24.8 Å². The molecule has 0 spiro atoms. The van der Waals surface area contributed by atoms with Crippen molar-refractivity contribution < 1.29 is 14.7 Å². The van der Waals surface area contributed by atoms with E-state index in [4.69, 9.17) is 5.11 Å². The molecule has 1 saturated heterocycles. The molecule has 1 heterocycles. The third-order valence-corrected chi connectivity index (χ3v) is 4.25. The summed E-state index contributed by atoms with van der Waals surface area (Å²) < 4.78 is 0. The number of piperazine rings is 1. The maximum absolute atomic E-state index is 12.5. The number of aliphatic hydroxyl groups is 1. The van der Waals surface area contributed by atoms with E-state index < -0.39 is 6.04 Å². The Morgan fingerprint density at radius 3 is 2.75 bits per heavy atom. The number of amides is 2. The molecule has 1 atom stereocenters. The maximum atomic E-state index is 12.5. The van der Waals surface area contributed by atoms with Crippen molar-refractivity contribution in [3.63, 3.8) is 0 Å². The minimum absolute atomic E-state index is 0.0592. The molecule has 0 aromatic heterocycles. The zero-order chi connectivity index (χ0) is 17.4. The molecule has 132 valence electrons. The number of hydrogen-bond acceptors (Lipinski definition) is 4. The van der Waals surface area contributed by atoms with Crippen LogP contribution in [0.15, 0.2) is 30.3 Å². The van der Waals surface area contributed by atoms with Crippen LogP contribution in [0, 0.1) is 0 Å². The zero-order valence-electron chi connectivity index (χ0n) is 14.3. The zero-order valence-corrected chi connectivity index (χ0v) is 14.3. The molecule has 6 nitrogen and oxygen atoms in total. The van der Waals surface area contributed by atoms with Gasteiger partial charge < -0.3 is 15.3 Å². The van der Waals surface area contributed by atoms with Crippen LogP contribution in [0.5, 0.6) is 0 Å². The Morgan fingerprint density at radius 2 is 2.08 bits per heavy atom. The number of carbonyl (C=O) groups excluding carboxylic acids is 2. The minimum Gasteiger partial charge on any atom is -0.395 e. The summed E-state index contributed by atoms with van der Waals surface area (Å²) in [4.78, 5) is 28.5. The van der Waals surface area contributed by atoms with E-state index in [2.05, 4.69) is 10.2 Å². The van der Waals surface area contributed by atoms with Gasteiger partial charge in [-0.1, -0.05) is 37.3 Å². The third-order valence-electron chi connectivity index (χ3n) is 4.25. The summed E-state index contributed by atoms with van der Waals surface area (Å²) in [6.07, 6.45) is 0.981. The number of hydrogen-bond donors (Lipinski definition) is 2. The van der Waals surface area contributed by atoms with Crippen LogP contribution in [0.25, 0.3) is 0 Å². The summed E-state index contributed by atoms with van der Waals surface area (Å²) in [6, 6.07) is 9.52. The lowest BCUT2D eigenvalue weighted by Gasteiger charge is -2.35. The first-order valence-corrected chi connectivity index (χ1v) is 8.60. The van der Waals surface area contributed by atoms with Gasteiger partial charge in [-0.25, -0.2) is 0 Å². The first-order chi connectivity index (χ1) is 11.7. The van der Waals surface area contributed by atoms with Gasteiger partial charge in [0, 0.05) is 32.7 Å². The van der Waals surface area contributed by atoms with Gasteiger partial charge in [0.1, 0.15) is 0 Å². The largest absolute Gasteiger partial charge is 0.395 e. The Balaban J connectivity index is 2.05. The molecule has 0 unspecified atom stereocenters. The monoisotopic (exact) mass is 333 g/mol. The normalized spacial score (nSPS) is 18.2. The maximum Gasteiger partial charge on any atom is 0.237 e. The van der Waals surface area contributed by atoms with Crippen LogP contribution in [-0.4, -0.2) is 65.5 Å². The molecule has 2 N–H and O–H groups in total. The topological polar surface area (TPSA) is 72.9 Å². The summed E-state index contributed by atoms with van der Waals surface area (Å²) in [5, 5.41) is 12.0. The van der Waals surface area contributed by atoms with Crippen molar-refractivity contribution >= 4 is 11.8 Å². The van der Waals surface area contributed by atoms with Crippen LogP contribution in [-0.2, 0) is 16.1 Å². The van der Waals surface area contributed by atoms with Crippen molar-refractivity contribution in [2.24, 2.45) is 0 Å².